The molecule has 1 saturated heterocycles. The predicted molar refractivity (Wildman–Crippen MR) is 61.4 cm³/mol. The van der Waals surface area contributed by atoms with Crippen molar-refractivity contribution in [3.63, 3.8) is 0 Å². The molecule has 0 amide bonds. The quantitative estimate of drug-likeness (QED) is 0.471. The fourth-order valence-electron chi connectivity index (χ4n) is 1.18. The highest BCUT2D eigenvalue weighted by molar-refractivity contribution is 8.02. The first kappa shape index (κ1) is 11.6. The van der Waals surface area contributed by atoms with Crippen LogP contribution in [0.2, 0.25) is 0 Å². The molecule has 2 heterocycles. The van der Waals surface area contributed by atoms with Gasteiger partial charge < -0.3 is 4.74 Å². The largest absolute Gasteiger partial charge is 0.379 e. The molecule has 0 aromatic carbocycles. The summed E-state index contributed by atoms with van der Waals surface area (Å²) in [6, 6.07) is 1.36. The summed E-state index contributed by atoms with van der Waals surface area (Å²) in [5.74, 6) is -0.134. The van der Waals surface area contributed by atoms with E-state index < -0.39 is 4.92 Å². The van der Waals surface area contributed by atoms with Crippen molar-refractivity contribution in [2.75, 3.05) is 13.2 Å². The molecule has 1 fully saturated rings. The van der Waals surface area contributed by atoms with E-state index in [0.29, 0.717) is 22.3 Å². The van der Waals surface area contributed by atoms with Gasteiger partial charge in [-0.15, -0.1) is 23.1 Å². The number of carbonyl (C=O) groups is 1. The fourth-order valence-corrected chi connectivity index (χ4v) is 3.69. The maximum Gasteiger partial charge on any atom is 0.294 e. The Labute approximate surface area is 99.9 Å². The Morgan fingerprint density at radius 1 is 1.69 bits per heavy atom. The molecular formula is C9H9NO4S2. The number of nitrogens with zero attached hydrogens (tertiary/aromatic N) is 1. The normalized spacial score (nSPS) is 15.8. The van der Waals surface area contributed by atoms with Crippen LogP contribution in [0.5, 0.6) is 0 Å². The SMILES string of the molecule is CC(=O)c1cc([N+](=O)[O-])c(SC2COC2)s1. The lowest BCUT2D eigenvalue weighted by Gasteiger charge is -2.24. The Kier molecular flexibility index (Phi) is 3.27. The van der Waals surface area contributed by atoms with Gasteiger partial charge in [0.1, 0.15) is 4.21 Å². The van der Waals surface area contributed by atoms with E-state index in [1.54, 1.807) is 0 Å². The van der Waals surface area contributed by atoms with E-state index in [4.69, 9.17) is 4.74 Å². The molecule has 16 heavy (non-hydrogen) atoms. The second-order valence-corrected chi connectivity index (χ2v) is 6.00. The molecular weight excluding hydrogens is 250 g/mol. The highest BCUT2D eigenvalue weighted by Crippen LogP contribution is 2.41. The highest BCUT2D eigenvalue weighted by atomic mass is 32.2. The Morgan fingerprint density at radius 2 is 2.38 bits per heavy atom. The van der Waals surface area contributed by atoms with Gasteiger partial charge in [-0.25, -0.2) is 0 Å². The van der Waals surface area contributed by atoms with Crippen LogP contribution in [-0.4, -0.2) is 29.2 Å². The van der Waals surface area contributed by atoms with Gasteiger partial charge in [0.05, 0.1) is 28.3 Å². The average molecular weight is 259 g/mol. The molecule has 7 heteroatoms. The van der Waals surface area contributed by atoms with Crippen molar-refractivity contribution >= 4 is 34.6 Å². The molecule has 0 atom stereocenters. The summed E-state index contributed by atoms with van der Waals surface area (Å²) in [6.45, 7) is 2.65. The average Bonchev–Trinajstić information content (AvgIpc) is 2.55. The van der Waals surface area contributed by atoms with Crippen molar-refractivity contribution in [3.05, 3.63) is 21.1 Å². The molecule has 86 valence electrons. The van der Waals surface area contributed by atoms with Gasteiger partial charge in [0.15, 0.2) is 5.78 Å². The fraction of sp³-hybridized carbons (Fsp3) is 0.444. The van der Waals surface area contributed by atoms with Gasteiger partial charge in [0.25, 0.3) is 5.69 Å². The van der Waals surface area contributed by atoms with Crippen LogP contribution in [0.1, 0.15) is 16.6 Å². The third-order valence-electron chi connectivity index (χ3n) is 2.10. The first-order valence-corrected chi connectivity index (χ1v) is 6.31. The van der Waals surface area contributed by atoms with E-state index in [1.165, 1.54) is 36.1 Å². The van der Waals surface area contributed by atoms with E-state index in [1.807, 2.05) is 0 Å². The van der Waals surface area contributed by atoms with Gasteiger partial charge >= 0.3 is 0 Å². The second kappa shape index (κ2) is 4.52. The van der Waals surface area contributed by atoms with Crippen LogP contribution in [0.15, 0.2) is 10.3 Å². The summed E-state index contributed by atoms with van der Waals surface area (Å²) in [5.41, 5.74) is 0.0344. The lowest BCUT2D eigenvalue weighted by Crippen LogP contribution is -2.29. The summed E-state index contributed by atoms with van der Waals surface area (Å²) in [7, 11) is 0. The van der Waals surface area contributed by atoms with E-state index in [-0.39, 0.29) is 16.7 Å². The predicted octanol–water partition coefficient (Wildman–Crippen LogP) is 2.35. The molecule has 1 aromatic rings. The number of thioether (sulfide) groups is 1. The minimum atomic E-state index is -0.440. The Morgan fingerprint density at radius 3 is 2.81 bits per heavy atom. The molecule has 1 aliphatic heterocycles. The molecule has 0 N–H and O–H groups in total. The molecule has 1 aliphatic rings. The monoisotopic (exact) mass is 259 g/mol. The van der Waals surface area contributed by atoms with Crippen molar-refractivity contribution in [1.82, 2.24) is 0 Å². The van der Waals surface area contributed by atoms with Crippen LogP contribution in [0, 0.1) is 10.1 Å². The number of Topliss-reactive ketones (excluding diaryl/α,β-unsaturated/α-hetero) is 1. The number of carbonyl (C=O) groups excluding carboxylic acids is 1. The van der Waals surface area contributed by atoms with Crippen LogP contribution < -0.4 is 0 Å². The number of ketones is 1. The van der Waals surface area contributed by atoms with Crippen LogP contribution in [-0.2, 0) is 4.74 Å². The lowest BCUT2D eigenvalue weighted by molar-refractivity contribution is -0.387. The van der Waals surface area contributed by atoms with Crippen LogP contribution in [0.25, 0.3) is 0 Å². The van der Waals surface area contributed by atoms with Gasteiger partial charge in [-0.05, 0) is 6.92 Å². The number of thiophene rings is 1. The first-order chi connectivity index (χ1) is 7.58. The van der Waals surface area contributed by atoms with Crippen molar-refractivity contribution in [2.24, 2.45) is 0 Å². The van der Waals surface area contributed by atoms with Crippen LogP contribution >= 0.6 is 23.1 Å². The Balaban J connectivity index is 2.25. The first-order valence-electron chi connectivity index (χ1n) is 4.61. The molecule has 0 bridgehead atoms. The minimum absolute atomic E-state index is 0.0344. The van der Waals surface area contributed by atoms with Gasteiger partial charge in [-0.3, -0.25) is 14.9 Å². The second-order valence-electron chi connectivity index (χ2n) is 3.37. The van der Waals surface area contributed by atoms with Gasteiger partial charge in [0.2, 0.25) is 0 Å². The zero-order valence-corrected chi connectivity index (χ0v) is 10.1. The molecule has 0 unspecified atom stereocenters. The highest BCUT2D eigenvalue weighted by Gasteiger charge is 2.27. The molecule has 2 rings (SSSR count). The van der Waals surface area contributed by atoms with Crippen molar-refractivity contribution in [1.29, 1.82) is 0 Å². The van der Waals surface area contributed by atoms with Crippen LogP contribution in [0.3, 0.4) is 0 Å². The Bertz CT molecular complexity index is 439. The molecule has 0 saturated carbocycles. The standard InChI is InChI=1S/C9H9NO4S2/c1-5(11)8-2-7(10(12)13)9(16-8)15-6-3-14-4-6/h2,6H,3-4H2,1H3. The number of hydrogen-bond donors (Lipinski definition) is 0. The molecule has 0 spiro atoms. The maximum atomic E-state index is 11.2. The summed E-state index contributed by atoms with van der Waals surface area (Å²) in [4.78, 5) is 22.0. The van der Waals surface area contributed by atoms with E-state index in [9.17, 15) is 14.9 Å². The zero-order chi connectivity index (χ0) is 11.7. The van der Waals surface area contributed by atoms with Gasteiger partial charge in [0, 0.05) is 6.07 Å². The molecule has 5 nitrogen and oxygen atoms in total. The summed E-state index contributed by atoms with van der Waals surface area (Å²) in [5, 5.41) is 11.1. The van der Waals surface area contributed by atoms with Crippen molar-refractivity contribution < 1.29 is 14.5 Å². The van der Waals surface area contributed by atoms with E-state index in [2.05, 4.69) is 0 Å². The third kappa shape index (κ3) is 2.26. The lowest BCUT2D eigenvalue weighted by atomic mass is 10.3. The smallest absolute Gasteiger partial charge is 0.294 e. The summed E-state index contributed by atoms with van der Waals surface area (Å²) in [6.07, 6.45) is 0. The van der Waals surface area contributed by atoms with Gasteiger partial charge in [-0.1, -0.05) is 0 Å². The summed E-state index contributed by atoms with van der Waals surface area (Å²) >= 11 is 2.61. The number of nitro groups is 1. The van der Waals surface area contributed by atoms with Gasteiger partial charge in [-0.2, -0.15) is 0 Å². The molecule has 1 aromatic heterocycles. The van der Waals surface area contributed by atoms with Crippen molar-refractivity contribution in [3.8, 4) is 0 Å². The topological polar surface area (TPSA) is 69.4 Å². The molecule has 0 aliphatic carbocycles. The number of ether oxygens (including phenoxy) is 1. The zero-order valence-electron chi connectivity index (χ0n) is 8.47. The minimum Gasteiger partial charge on any atom is -0.379 e. The van der Waals surface area contributed by atoms with E-state index >= 15 is 0 Å². The van der Waals surface area contributed by atoms with Crippen molar-refractivity contribution in [2.45, 2.75) is 16.4 Å². The van der Waals surface area contributed by atoms with Crippen LogP contribution in [0.4, 0.5) is 5.69 Å². The Hall–Kier alpha value is -0.920. The summed E-state index contributed by atoms with van der Waals surface area (Å²) < 4.78 is 5.61. The number of rotatable bonds is 4. The van der Waals surface area contributed by atoms with E-state index in [0.717, 1.165) is 0 Å². The molecule has 0 radical (unpaired) electrons. The third-order valence-corrected chi connectivity index (χ3v) is 4.69. The maximum absolute atomic E-state index is 11.2. The number of hydrogen-bond acceptors (Lipinski definition) is 6.